The summed E-state index contributed by atoms with van der Waals surface area (Å²) >= 11 is 0. The Balaban J connectivity index is 1.82. The Kier molecular flexibility index (Phi) is 3.87. The molecule has 3 heterocycles. The molecule has 0 saturated carbocycles. The minimum Gasteiger partial charge on any atom is -0.334 e. The molecule has 2 saturated heterocycles. The van der Waals surface area contributed by atoms with E-state index in [0.717, 1.165) is 32.4 Å². The normalized spacial score (nSPS) is 26.7. The molecule has 5 nitrogen and oxygen atoms in total. The number of rotatable bonds is 2. The molecule has 2 atom stereocenters. The molecule has 2 unspecified atom stereocenters. The summed E-state index contributed by atoms with van der Waals surface area (Å²) < 4.78 is 0. The maximum Gasteiger partial charge on any atom is 0.254 e. The van der Waals surface area contributed by atoms with Crippen LogP contribution in [-0.4, -0.2) is 41.0 Å². The Morgan fingerprint density at radius 2 is 2.15 bits per heavy atom. The van der Waals surface area contributed by atoms with Crippen molar-refractivity contribution >= 4 is 5.91 Å². The Morgan fingerprint density at radius 3 is 2.90 bits per heavy atom. The fourth-order valence-corrected chi connectivity index (χ4v) is 3.41. The van der Waals surface area contributed by atoms with Crippen LogP contribution in [0.4, 0.5) is 0 Å². The van der Waals surface area contributed by atoms with Crippen LogP contribution in [0.5, 0.6) is 0 Å². The lowest BCUT2D eigenvalue weighted by Crippen LogP contribution is -2.52. The van der Waals surface area contributed by atoms with E-state index in [1.807, 2.05) is 4.90 Å². The predicted molar refractivity (Wildman–Crippen MR) is 76.8 cm³/mol. The van der Waals surface area contributed by atoms with E-state index < -0.39 is 0 Å². The third-order valence-electron chi connectivity index (χ3n) is 4.40. The van der Waals surface area contributed by atoms with Gasteiger partial charge in [-0.25, -0.2) is 0 Å². The van der Waals surface area contributed by atoms with Crippen LogP contribution in [0, 0.1) is 0 Å². The molecule has 1 aromatic heterocycles. The number of hydrogen-bond donors (Lipinski definition) is 2. The Morgan fingerprint density at radius 1 is 1.25 bits per heavy atom. The number of aromatic amines is 1. The number of likely N-dealkylation sites (tertiary alicyclic amines) is 1. The third-order valence-corrected chi connectivity index (χ3v) is 4.40. The summed E-state index contributed by atoms with van der Waals surface area (Å²) in [7, 11) is 0. The van der Waals surface area contributed by atoms with Crippen molar-refractivity contribution in [3.05, 3.63) is 34.2 Å². The molecule has 2 fully saturated rings. The molecule has 2 aliphatic heterocycles. The Bertz CT molecular complexity index is 534. The van der Waals surface area contributed by atoms with Gasteiger partial charge in [-0.3, -0.25) is 9.59 Å². The summed E-state index contributed by atoms with van der Waals surface area (Å²) in [6, 6.07) is 3.78. The number of piperidine rings is 1. The summed E-state index contributed by atoms with van der Waals surface area (Å²) in [6.45, 7) is 1.85. The molecule has 2 aliphatic rings. The summed E-state index contributed by atoms with van der Waals surface area (Å²) in [6.07, 6.45) is 7.17. The molecular formula is C15H21N3O2. The summed E-state index contributed by atoms with van der Waals surface area (Å²) in [5, 5.41) is 3.51. The molecule has 0 spiro atoms. The first-order valence-corrected chi connectivity index (χ1v) is 7.49. The van der Waals surface area contributed by atoms with E-state index in [4.69, 9.17) is 0 Å². The van der Waals surface area contributed by atoms with Crippen LogP contribution in [-0.2, 0) is 0 Å². The highest BCUT2D eigenvalue weighted by Crippen LogP contribution is 2.25. The van der Waals surface area contributed by atoms with Gasteiger partial charge in [0.2, 0.25) is 5.56 Å². The van der Waals surface area contributed by atoms with Crippen molar-refractivity contribution in [1.29, 1.82) is 0 Å². The number of nitrogens with zero attached hydrogens (tertiary/aromatic N) is 1. The monoisotopic (exact) mass is 275 g/mol. The zero-order valence-corrected chi connectivity index (χ0v) is 11.6. The van der Waals surface area contributed by atoms with Gasteiger partial charge in [-0.15, -0.1) is 0 Å². The average molecular weight is 275 g/mol. The van der Waals surface area contributed by atoms with Gasteiger partial charge >= 0.3 is 0 Å². The number of pyridine rings is 1. The number of aromatic nitrogens is 1. The standard InChI is InChI=1S/C15H21N3O2/c19-14-10-11(6-8-17-14)15(20)18-9-2-1-5-13(18)12-4-3-7-16-12/h6,8,10,12-13,16H,1-5,7,9H2,(H,17,19). The largest absolute Gasteiger partial charge is 0.334 e. The van der Waals surface area contributed by atoms with Crippen LogP contribution in [0.3, 0.4) is 0 Å². The van der Waals surface area contributed by atoms with E-state index in [0.29, 0.717) is 11.6 Å². The topological polar surface area (TPSA) is 65.2 Å². The highest BCUT2D eigenvalue weighted by molar-refractivity contribution is 5.94. The van der Waals surface area contributed by atoms with Crippen molar-refractivity contribution in [2.45, 2.75) is 44.2 Å². The molecule has 20 heavy (non-hydrogen) atoms. The van der Waals surface area contributed by atoms with Crippen LogP contribution >= 0.6 is 0 Å². The molecule has 0 aliphatic carbocycles. The first-order chi connectivity index (χ1) is 9.75. The van der Waals surface area contributed by atoms with E-state index >= 15 is 0 Å². The van der Waals surface area contributed by atoms with Gasteiger partial charge in [-0.05, 0) is 44.7 Å². The first kappa shape index (κ1) is 13.4. The maximum atomic E-state index is 12.7. The molecule has 0 radical (unpaired) electrons. The van der Waals surface area contributed by atoms with Gasteiger partial charge in [0.1, 0.15) is 0 Å². The SMILES string of the molecule is O=C(c1cc[nH]c(=O)c1)N1CCCCC1C1CCCN1. The summed E-state index contributed by atoms with van der Waals surface area (Å²) in [5.74, 6) is -0.00509. The van der Waals surface area contributed by atoms with Crippen LogP contribution in [0.1, 0.15) is 42.5 Å². The van der Waals surface area contributed by atoms with Gasteiger partial charge in [-0.2, -0.15) is 0 Å². The van der Waals surface area contributed by atoms with Gasteiger partial charge in [-0.1, -0.05) is 0 Å². The highest BCUT2D eigenvalue weighted by Gasteiger charge is 2.34. The lowest BCUT2D eigenvalue weighted by Gasteiger charge is -2.39. The summed E-state index contributed by atoms with van der Waals surface area (Å²) in [5.41, 5.74) is 0.280. The second-order valence-electron chi connectivity index (χ2n) is 5.71. The zero-order valence-electron chi connectivity index (χ0n) is 11.6. The molecule has 108 valence electrons. The van der Waals surface area contributed by atoms with Gasteiger partial charge in [0.15, 0.2) is 0 Å². The second kappa shape index (κ2) is 5.79. The van der Waals surface area contributed by atoms with Gasteiger partial charge in [0.25, 0.3) is 5.91 Å². The quantitative estimate of drug-likeness (QED) is 0.850. The van der Waals surface area contributed by atoms with E-state index in [1.54, 1.807) is 12.3 Å². The Hall–Kier alpha value is -1.62. The van der Waals surface area contributed by atoms with Crippen molar-refractivity contribution in [2.75, 3.05) is 13.1 Å². The number of H-pyrrole nitrogens is 1. The minimum atomic E-state index is -0.219. The molecule has 2 N–H and O–H groups in total. The lowest BCUT2D eigenvalue weighted by atomic mass is 9.94. The number of carbonyl (C=O) groups is 1. The smallest absolute Gasteiger partial charge is 0.254 e. The van der Waals surface area contributed by atoms with Crippen LogP contribution in [0.15, 0.2) is 23.1 Å². The van der Waals surface area contributed by atoms with Gasteiger partial charge < -0.3 is 15.2 Å². The Labute approximate surface area is 118 Å². The predicted octanol–water partition coefficient (Wildman–Crippen LogP) is 1.12. The molecular weight excluding hydrogens is 254 g/mol. The van der Waals surface area contributed by atoms with Gasteiger partial charge in [0.05, 0.1) is 0 Å². The lowest BCUT2D eigenvalue weighted by molar-refractivity contribution is 0.0563. The number of carbonyl (C=O) groups excluding carboxylic acids is 1. The fraction of sp³-hybridized carbons (Fsp3) is 0.600. The van der Waals surface area contributed by atoms with E-state index in [9.17, 15) is 9.59 Å². The molecule has 5 heteroatoms. The number of hydrogen-bond acceptors (Lipinski definition) is 3. The molecule has 0 bridgehead atoms. The van der Waals surface area contributed by atoms with Crippen LogP contribution in [0.25, 0.3) is 0 Å². The highest BCUT2D eigenvalue weighted by atomic mass is 16.2. The zero-order chi connectivity index (χ0) is 13.9. The average Bonchev–Trinajstić information content (AvgIpc) is 3.00. The van der Waals surface area contributed by atoms with E-state index in [1.165, 1.54) is 18.9 Å². The number of nitrogens with one attached hydrogen (secondary N) is 2. The van der Waals surface area contributed by atoms with Crippen molar-refractivity contribution in [1.82, 2.24) is 15.2 Å². The molecule has 1 aromatic rings. The van der Waals surface area contributed by atoms with Crippen LogP contribution in [0.2, 0.25) is 0 Å². The first-order valence-electron chi connectivity index (χ1n) is 7.49. The molecule has 3 rings (SSSR count). The second-order valence-corrected chi connectivity index (χ2v) is 5.71. The maximum absolute atomic E-state index is 12.7. The molecule has 0 aromatic carbocycles. The summed E-state index contributed by atoms with van der Waals surface area (Å²) in [4.78, 5) is 28.6. The van der Waals surface area contributed by atoms with Gasteiger partial charge in [0, 0.05) is 36.5 Å². The third kappa shape index (κ3) is 2.63. The van der Waals surface area contributed by atoms with E-state index in [-0.39, 0.29) is 17.5 Å². The van der Waals surface area contributed by atoms with Crippen LogP contribution < -0.4 is 10.9 Å². The van der Waals surface area contributed by atoms with Crippen molar-refractivity contribution in [3.63, 3.8) is 0 Å². The minimum absolute atomic E-state index is 0.00509. The fourth-order valence-electron chi connectivity index (χ4n) is 3.41. The van der Waals surface area contributed by atoms with Crippen molar-refractivity contribution in [2.24, 2.45) is 0 Å². The number of amides is 1. The molecule has 1 amide bonds. The van der Waals surface area contributed by atoms with Crippen molar-refractivity contribution in [3.8, 4) is 0 Å². The van der Waals surface area contributed by atoms with E-state index in [2.05, 4.69) is 10.3 Å². The van der Waals surface area contributed by atoms with Crippen molar-refractivity contribution < 1.29 is 4.79 Å².